The molecule has 2 amide bonds. The molecule has 0 spiro atoms. The Hall–Kier alpha value is -4.78. The molecule has 0 aliphatic carbocycles. The number of amides is 2. The Labute approximate surface area is 260 Å². The van der Waals surface area contributed by atoms with Gasteiger partial charge >= 0.3 is 18.0 Å². The molecule has 0 radical (unpaired) electrons. The van der Waals surface area contributed by atoms with Gasteiger partial charge < -0.3 is 30.6 Å². The van der Waals surface area contributed by atoms with Crippen LogP contribution in [0.1, 0.15) is 50.8 Å². The van der Waals surface area contributed by atoms with Crippen LogP contribution in [0.4, 0.5) is 14.9 Å². The Bertz CT molecular complexity index is 1710. The third-order valence-corrected chi connectivity index (χ3v) is 9.73. The van der Waals surface area contributed by atoms with Crippen molar-refractivity contribution in [3.05, 3.63) is 95.8 Å². The molecule has 1 saturated heterocycles. The number of ether oxygens (including phenoxy) is 1. The molecule has 0 aromatic heterocycles. The zero-order valence-corrected chi connectivity index (χ0v) is 25.7. The molecule has 4 atom stereocenters. The molecule has 4 rings (SSSR count). The second kappa shape index (κ2) is 12.7. The Morgan fingerprint density at radius 2 is 1.62 bits per heavy atom. The monoisotopic (exact) mass is 639 g/mol. The third-order valence-electron chi connectivity index (χ3n) is 7.55. The first-order chi connectivity index (χ1) is 21.1. The van der Waals surface area contributed by atoms with Gasteiger partial charge in [-0.1, -0.05) is 54.6 Å². The number of para-hydroxylation sites is 1. The highest BCUT2D eigenvalue weighted by atomic mass is 32.2. The number of aldehydes is 1. The summed E-state index contributed by atoms with van der Waals surface area (Å²) in [4.78, 5) is 51.9. The number of carbonyl (C=O) groups is 4. The number of anilines is 1. The van der Waals surface area contributed by atoms with Crippen molar-refractivity contribution in [1.29, 1.82) is 0 Å². The number of halogens is 1. The summed E-state index contributed by atoms with van der Waals surface area (Å²) in [5, 5.41) is 11.1. The molecule has 1 aliphatic heterocycles. The van der Waals surface area contributed by atoms with E-state index in [4.69, 9.17) is 10.5 Å². The van der Waals surface area contributed by atoms with Gasteiger partial charge in [0.1, 0.15) is 23.7 Å². The van der Waals surface area contributed by atoms with E-state index in [0.29, 0.717) is 0 Å². The summed E-state index contributed by atoms with van der Waals surface area (Å²) in [6.45, 7) is 4.88. The molecular weight excluding hydrogens is 605 g/mol. The number of nitrogens with one attached hydrogen (secondary N) is 1. The average molecular weight is 640 g/mol. The van der Waals surface area contributed by atoms with Crippen molar-refractivity contribution in [2.45, 2.75) is 67.0 Å². The number of aliphatic carboxylic acids is 1. The molecule has 3 aromatic carbocycles. The van der Waals surface area contributed by atoms with Gasteiger partial charge in [0.15, 0.2) is 15.4 Å². The lowest BCUT2D eigenvalue weighted by Gasteiger charge is -2.38. The normalized spacial score (nSPS) is 19.7. The van der Waals surface area contributed by atoms with Crippen molar-refractivity contribution in [2.75, 3.05) is 4.90 Å². The van der Waals surface area contributed by atoms with Gasteiger partial charge in [-0.2, -0.15) is 0 Å². The summed E-state index contributed by atoms with van der Waals surface area (Å²) in [6.07, 6.45) is -0.854. The SMILES string of the molecule is CC(C)(C)OC(=O)C1CC(S(=O)(=O)c2ccccc2)C(c2ccccc2F)N1c1ccccc1C(CC=O)(NC(N)=O)C(=O)O. The van der Waals surface area contributed by atoms with Crippen molar-refractivity contribution in [3.8, 4) is 0 Å². The van der Waals surface area contributed by atoms with Crippen LogP contribution in [0.25, 0.3) is 0 Å². The maximum atomic E-state index is 15.7. The van der Waals surface area contributed by atoms with E-state index >= 15 is 4.39 Å². The van der Waals surface area contributed by atoms with E-state index in [1.165, 1.54) is 71.6 Å². The van der Waals surface area contributed by atoms with E-state index in [2.05, 4.69) is 5.32 Å². The van der Waals surface area contributed by atoms with Gasteiger partial charge in [0.05, 0.1) is 16.2 Å². The largest absolute Gasteiger partial charge is 0.479 e. The lowest BCUT2D eigenvalue weighted by atomic mass is 9.85. The highest BCUT2D eigenvalue weighted by molar-refractivity contribution is 7.92. The van der Waals surface area contributed by atoms with Crippen LogP contribution in [0.5, 0.6) is 0 Å². The summed E-state index contributed by atoms with van der Waals surface area (Å²) in [5.74, 6) is -3.26. The first-order valence-electron chi connectivity index (χ1n) is 14.0. The number of rotatable bonds is 10. The first kappa shape index (κ1) is 33.1. The van der Waals surface area contributed by atoms with Crippen molar-refractivity contribution in [2.24, 2.45) is 5.73 Å². The van der Waals surface area contributed by atoms with Gasteiger partial charge in [-0.15, -0.1) is 0 Å². The molecule has 3 aromatic rings. The highest BCUT2D eigenvalue weighted by Crippen LogP contribution is 2.48. The molecule has 4 N–H and O–H groups in total. The van der Waals surface area contributed by atoms with Crippen LogP contribution >= 0.6 is 0 Å². The second-order valence-electron chi connectivity index (χ2n) is 11.6. The lowest BCUT2D eigenvalue weighted by Crippen LogP contribution is -2.55. The van der Waals surface area contributed by atoms with Gasteiger partial charge in [-0.3, -0.25) is 0 Å². The van der Waals surface area contributed by atoms with E-state index in [1.807, 2.05) is 0 Å². The van der Waals surface area contributed by atoms with E-state index in [1.54, 1.807) is 26.8 Å². The fourth-order valence-electron chi connectivity index (χ4n) is 5.76. The number of nitrogens with two attached hydrogens (primary N) is 1. The third kappa shape index (κ3) is 6.53. The number of primary amides is 1. The molecular formula is C32H34FN3O8S. The predicted molar refractivity (Wildman–Crippen MR) is 162 cm³/mol. The molecule has 0 saturated carbocycles. The van der Waals surface area contributed by atoms with E-state index in [0.717, 1.165) is 6.07 Å². The van der Waals surface area contributed by atoms with Gasteiger partial charge in [-0.25, -0.2) is 27.2 Å². The Balaban J connectivity index is 2.09. The van der Waals surface area contributed by atoms with E-state index in [9.17, 15) is 32.7 Å². The number of esters is 1. The number of carboxylic acid groups (broad SMARTS) is 1. The summed E-state index contributed by atoms with van der Waals surface area (Å²) < 4.78 is 50.0. The summed E-state index contributed by atoms with van der Waals surface area (Å²) in [5.41, 5.74) is 1.61. The molecule has 0 bridgehead atoms. The molecule has 1 fully saturated rings. The minimum atomic E-state index is -4.28. The van der Waals surface area contributed by atoms with Crippen LogP contribution in [-0.2, 0) is 34.5 Å². The standard InChI is InChI=1S/C32H34FN3O8S/c1-31(2,3)44-28(38)25-19-26(45(42,43)20-11-5-4-6-12-20)27(21-13-7-9-15-23(21)33)36(25)24-16-10-8-14-22(24)32(17-18-37,29(39)40)35-30(34)41/h4-16,18,25-27H,17,19H2,1-3H3,(H,39,40)(H3,34,35,41). The van der Waals surface area contributed by atoms with Crippen molar-refractivity contribution >= 4 is 39.8 Å². The summed E-state index contributed by atoms with van der Waals surface area (Å²) in [6, 6.07) is 14.6. The molecule has 45 heavy (non-hydrogen) atoms. The minimum Gasteiger partial charge on any atom is -0.479 e. The topological polar surface area (TPSA) is 173 Å². The fourth-order valence-corrected chi connectivity index (χ4v) is 7.70. The van der Waals surface area contributed by atoms with Gasteiger partial charge in [0, 0.05) is 23.2 Å². The highest BCUT2D eigenvalue weighted by Gasteiger charge is 2.55. The minimum absolute atomic E-state index is 0.0506. The zero-order valence-electron chi connectivity index (χ0n) is 24.8. The van der Waals surface area contributed by atoms with Gasteiger partial charge in [-0.05, 0) is 51.5 Å². The maximum Gasteiger partial charge on any atom is 0.334 e. The van der Waals surface area contributed by atoms with Crippen LogP contribution < -0.4 is 16.0 Å². The zero-order chi connectivity index (χ0) is 33.2. The number of carboxylic acids is 1. The van der Waals surface area contributed by atoms with Crippen molar-refractivity contribution in [1.82, 2.24) is 5.32 Å². The van der Waals surface area contributed by atoms with E-state index < -0.39 is 68.5 Å². The lowest BCUT2D eigenvalue weighted by molar-refractivity contribution is -0.156. The Morgan fingerprint density at radius 3 is 2.20 bits per heavy atom. The predicted octanol–water partition coefficient (Wildman–Crippen LogP) is 3.87. The summed E-state index contributed by atoms with van der Waals surface area (Å²) >= 11 is 0. The Morgan fingerprint density at radius 1 is 1.02 bits per heavy atom. The summed E-state index contributed by atoms with van der Waals surface area (Å²) in [7, 11) is -4.28. The van der Waals surface area contributed by atoms with Crippen LogP contribution in [0.15, 0.2) is 83.8 Å². The quantitative estimate of drug-likeness (QED) is 0.220. The van der Waals surface area contributed by atoms with Crippen molar-refractivity contribution < 1.29 is 41.8 Å². The van der Waals surface area contributed by atoms with Gasteiger partial charge in [0.2, 0.25) is 0 Å². The Kier molecular flexibility index (Phi) is 9.33. The number of carbonyl (C=O) groups excluding carboxylic acids is 3. The van der Waals surface area contributed by atoms with Crippen LogP contribution in [0.3, 0.4) is 0 Å². The number of benzene rings is 3. The number of nitrogens with zero attached hydrogens (tertiary/aromatic N) is 1. The number of hydrogen-bond acceptors (Lipinski definition) is 8. The van der Waals surface area contributed by atoms with E-state index in [-0.39, 0.29) is 34.4 Å². The molecule has 1 heterocycles. The molecule has 4 unspecified atom stereocenters. The molecule has 11 nitrogen and oxygen atoms in total. The smallest absolute Gasteiger partial charge is 0.334 e. The fraction of sp³-hybridized carbons (Fsp3) is 0.312. The van der Waals surface area contributed by atoms with Crippen LogP contribution in [0.2, 0.25) is 0 Å². The van der Waals surface area contributed by atoms with Gasteiger partial charge in [0.25, 0.3) is 0 Å². The molecule has 238 valence electrons. The molecule has 1 aliphatic rings. The maximum absolute atomic E-state index is 15.7. The van der Waals surface area contributed by atoms with Crippen LogP contribution in [0, 0.1) is 5.82 Å². The average Bonchev–Trinajstić information content (AvgIpc) is 3.38. The first-order valence-corrected chi connectivity index (χ1v) is 15.6. The number of hydrogen-bond donors (Lipinski definition) is 3. The second-order valence-corrected chi connectivity index (χ2v) is 13.8. The van der Waals surface area contributed by atoms with Crippen molar-refractivity contribution in [3.63, 3.8) is 0 Å². The molecule has 13 heteroatoms. The van der Waals surface area contributed by atoms with Crippen LogP contribution in [-0.4, -0.2) is 54.7 Å². The number of sulfone groups is 1. The number of urea groups is 1.